The topological polar surface area (TPSA) is 87.1 Å². The normalized spacial score (nSPS) is 18.0. The Morgan fingerprint density at radius 1 is 1.06 bits per heavy atom. The lowest BCUT2D eigenvalue weighted by Crippen LogP contribution is -2.29. The van der Waals surface area contributed by atoms with Crippen molar-refractivity contribution in [2.75, 3.05) is 4.90 Å². The molecule has 1 aliphatic heterocycles. The predicted octanol–water partition coefficient (Wildman–Crippen LogP) is 4.87. The number of ether oxygens (including phenoxy) is 1. The number of phenolic OH excluding ortho intramolecular Hbond substituents is 1. The van der Waals surface area contributed by atoms with Gasteiger partial charge in [0.05, 0.1) is 17.4 Å². The van der Waals surface area contributed by atoms with Crippen molar-refractivity contribution in [3.63, 3.8) is 0 Å². The first-order valence-electron chi connectivity index (χ1n) is 9.78. The highest BCUT2D eigenvalue weighted by atomic mass is 32.1. The number of carbonyl (C=O) groups excluding carboxylic acids is 2. The van der Waals surface area contributed by atoms with E-state index >= 15 is 0 Å². The van der Waals surface area contributed by atoms with E-state index in [9.17, 15) is 19.8 Å². The second-order valence-electron chi connectivity index (χ2n) is 7.37. The summed E-state index contributed by atoms with van der Waals surface area (Å²) in [5, 5.41) is 23.3. The Bertz CT molecular complexity index is 1170. The summed E-state index contributed by atoms with van der Waals surface area (Å²) < 4.78 is 5.69. The van der Waals surface area contributed by atoms with Crippen LogP contribution in [0.3, 0.4) is 0 Å². The van der Waals surface area contributed by atoms with Gasteiger partial charge >= 0.3 is 0 Å². The van der Waals surface area contributed by atoms with E-state index in [-0.39, 0.29) is 28.9 Å². The number of hydrogen-bond donors (Lipinski definition) is 2. The molecule has 1 aromatic heterocycles. The number of thiophene rings is 1. The van der Waals surface area contributed by atoms with Gasteiger partial charge in [0.1, 0.15) is 23.3 Å². The van der Waals surface area contributed by atoms with E-state index in [1.54, 1.807) is 48.5 Å². The molecule has 1 amide bonds. The van der Waals surface area contributed by atoms with Gasteiger partial charge in [-0.15, -0.1) is 11.3 Å². The molecule has 0 spiro atoms. The molecule has 0 bridgehead atoms. The lowest BCUT2D eigenvalue weighted by Gasteiger charge is -2.24. The zero-order chi connectivity index (χ0) is 22.1. The van der Waals surface area contributed by atoms with Crippen molar-refractivity contribution in [1.82, 2.24) is 0 Å². The lowest BCUT2D eigenvalue weighted by atomic mass is 9.99. The van der Waals surface area contributed by atoms with Gasteiger partial charge in [-0.3, -0.25) is 14.5 Å². The fraction of sp³-hybridized carbons (Fsp3) is 0.167. The molecule has 0 radical (unpaired) electrons. The number of aliphatic hydroxyl groups is 1. The molecule has 1 saturated heterocycles. The van der Waals surface area contributed by atoms with Crippen molar-refractivity contribution in [2.45, 2.75) is 26.0 Å². The zero-order valence-electron chi connectivity index (χ0n) is 17.0. The number of aromatic hydroxyl groups is 1. The number of para-hydroxylation sites is 2. The number of anilines is 1. The molecule has 1 fully saturated rings. The van der Waals surface area contributed by atoms with Gasteiger partial charge < -0.3 is 14.9 Å². The van der Waals surface area contributed by atoms with E-state index in [1.807, 2.05) is 25.3 Å². The summed E-state index contributed by atoms with van der Waals surface area (Å²) in [6, 6.07) is 15.8. The lowest BCUT2D eigenvalue weighted by molar-refractivity contribution is -0.132. The minimum absolute atomic E-state index is 0.0302. The van der Waals surface area contributed by atoms with Crippen LogP contribution in [-0.2, 0) is 9.59 Å². The number of rotatable bonds is 5. The summed E-state index contributed by atoms with van der Waals surface area (Å²) in [4.78, 5) is 28.0. The Morgan fingerprint density at radius 3 is 2.52 bits per heavy atom. The van der Waals surface area contributed by atoms with Crippen LogP contribution in [0.2, 0.25) is 0 Å². The van der Waals surface area contributed by atoms with Gasteiger partial charge in [0.15, 0.2) is 0 Å². The molecule has 1 aliphatic rings. The average Bonchev–Trinajstić information content (AvgIpc) is 3.35. The van der Waals surface area contributed by atoms with Crippen molar-refractivity contribution in [1.29, 1.82) is 0 Å². The largest absolute Gasteiger partial charge is 0.507 e. The first-order valence-corrected chi connectivity index (χ1v) is 10.7. The number of nitrogens with zero attached hydrogens (tertiary/aromatic N) is 1. The SMILES string of the molecule is CC(C)Oc1cccc(/C(O)=C2/C(=O)C(=O)N(c3ccccc3O)C2c2cccs2)c1. The Balaban J connectivity index is 1.89. The van der Waals surface area contributed by atoms with Crippen LogP contribution in [0.1, 0.15) is 30.3 Å². The van der Waals surface area contributed by atoms with E-state index in [0.717, 1.165) is 0 Å². The predicted molar refractivity (Wildman–Crippen MR) is 119 cm³/mol. The molecule has 4 rings (SSSR count). The van der Waals surface area contributed by atoms with Gasteiger partial charge in [0.2, 0.25) is 0 Å². The molecule has 158 valence electrons. The van der Waals surface area contributed by atoms with E-state index in [4.69, 9.17) is 4.74 Å². The molecule has 2 N–H and O–H groups in total. The van der Waals surface area contributed by atoms with Gasteiger partial charge in [-0.25, -0.2) is 0 Å². The number of Topliss-reactive ketones (excluding diaryl/α,β-unsaturated/α-hetero) is 1. The van der Waals surface area contributed by atoms with Crippen LogP contribution >= 0.6 is 11.3 Å². The highest BCUT2D eigenvalue weighted by molar-refractivity contribution is 7.10. The summed E-state index contributed by atoms with van der Waals surface area (Å²) in [6.45, 7) is 3.78. The average molecular weight is 436 g/mol. The van der Waals surface area contributed by atoms with Crippen molar-refractivity contribution in [2.24, 2.45) is 0 Å². The number of benzene rings is 2. The standard InChI is InChI=1S/C24H21NO5S/c1-14(2)30-16-8-5-7-15(13-16)22(27)20-21(19-11-6-12-31-19)25(24(29)23(20)28)17-9-3-4-10-18(17)26/h3-14,21,26-27H,1-2H3/b22-20-. The highest BCUT2D eigenvalue weighted by Gasteiger charge is 2.48. The first-order chi connectivity index (χ1) is 14.9. The molecule has 7 heteroatoms. The minimum atomic E-state index is -0.858. The van der Waals surface area contributed by atoms with E-state index in [1.165, 1.54) is 22.3 Å². The van der Waals surface area contributed by atoms with E-state index in [0.29, 0.717) is 16.2 Å². The van der Waals surface area contributed by atoms with Crippen molar-refractivity contribution >= 4 is 34.5 Å². The minimum Gasteiger partial charge on any atom is -0.507 e. The number of aliphatic hydroxyl groups excluding tert-OH is 1. The molecular formula is C24H21NO5S. The summed E-state index contributed by atoms with van der Waals surface area (Å²) in [5.74, 6) is -1.49. The Morgan fingerprint density at radius 2 is 1.84 bits per heavy atom. The molecule has 2 aromatic carbocycles. The Labute approximate surface area is 183 Å². The number of ketones is 1. The fourth-order valence-electron chi connectivity index (χ4n) is 3.61. The fourth-order valence-corrected chi connectivity index (χ4v) is 4.43. The van der Waals surface area contributed by atoms with E-state index in [2.05, 4.69) is 0 Å². The number of hydrogen-bond acceptors (Lipinski definition) is 6. The maximum absolute atomic E-state index is 13.1. The van der Waals surface area contributed by atoms with Gasteiger partial charge in [0, 0.05) is 10.4 Å². The second-order valence-corrected chi connectivity index (χ2v) is 8.35. The van der Waals surface area contributed by atoms with Crippen molar-refractivity contribution in [3.05, 3.63) is 82.1 Å². The highest BCUT2D eigenvalue weighted by Crippen LogP contribution is 2.45. The Kier molecular flexibility index (Phi) is 5.52. The summed E-state index contributed by atoms with van der Waals surface area (Å²) >= 11 is 1.36. The van der Waals surface area contributed by atoms with Crippen LogP contribution in [0.15, 0.2) is 71.6 Å². The maximum atomic E-state index is 13.1. The van der Waals surface area contributed by atoms with Gasteiger partial charge in [-0.2, -0.15) is 0 Å². The smallest absolute Gasteiger partial charge is 0.300 e. The van der Waals surface area contributed by atoms with Crippen LogP contribution in [0, 0.1) is 0 Å². The molecule has 2 heterocycles. The van der Waals surface area contributed by atoms with Crippen LogP contribution in [0.5, 0.6) is 11.5 Å². The van der Waals surface area contributed by atoms with Gasteiger partial charge in [0.25, 0.3) is 11.7 Å². The maximum Gasteiger partial charge on any atom is 0.300 e. The third-order valence-corrected chi connectivity index (χ3v) is 5.80. The molecule has 3 aromatic rings. The zero-order valence-corrected chi connectivity index (χ0v) is 17.8. The van der Waals surface area contributed by atoms with Crippen molar-refractivity contribution < 1.29 is 24.5 Å². The Hall–Kier alpha value is -3.58. The number of carbonyl (C=O) groups is 2. The van der Waals surface area contributed by atoms with Crippen LogP contribution in [0.4, 0.5) is 5.69 Å². The number of amides is 1. The van der Waals surface area contributed by atoms with Crippen LogP contribution in [-0.4, -0.2) is 28.0 Å². The van der Waals surface area contributed by atoms with Gasteiger partial charge in [-0.05, 0) is 49.6 Å². The van der Waals surface area contributed by atoms with Crippen molar-refractivity contribution in [3.8, 4) is 11.5 Å². The molecule has 1 atom stereocenters. The van der Waals surface area contributed by atoms with Crippen LogP contribution in [0.25, 0.3) is 5.76 Å². The summed E-state index contributed by atoms with van der Waals surface area (Å²) in [7, 11) is 0. The third kappa shape index (κ3) is 3.80. The monoisotopic (exact) mass is 435 g/mol. The molecule has 31 heavy (non-hydrogen) atoms. The number of phenols is 1. The van der Waals surface area contributed by atoms with Gasteiger partial charge in [-0.1, -0.05) is 30.3 Å². The quantitative estimate of drug-likeness (QED) is 0.339. The third-order valence-electron chi connectivity index (χ3n) is 4.88. The molecule has 6 nitrogen and oxygen atoms in total. The summed E-state index contributed by atoms with van der Waals surface area (Å²) in [6.07, 6.45) is -0.0600. The first kappa shape index (κ1) is 20.7. The van der Waals surface area contributed by atoms with E-state index < -0.39 is 17.7 Å². The second kappa shape index (κ2) is 8.28. The molecule has 0 saturated carbocycles. The summed E-state index contributed by atoms with van der Waals surface area (Å²) in [5.41, 5.74) is 0.548. The molecule has 0 aliphatic carbocycles. The molecular weight excluding hydrogens is 414 g/mol. The van der Waals surface area contributed by atoms with Crippen LogP contribution < -0.4 is 9.64 Å². The molecule has 1 unspecified atom stereocenters.